The zero-order valence-electron chi connectivity index (χ0n) is 14.5. The smallest absolute Gasteiger partial charge is 0.320 e. The average molecular weight is 396 g/mol. The van der Waals surface area contributed by atoms with Gasteiger partial charge >= 0.3 is 5.97 Å². The van der Waals surface area contributed by atoms with Crippen LogP contribution < -0.4 is 4.74 Å². The summed E-state index contributed by atoms with van der Waals surface area (Å²) in [4.78, 5) is 13.8. The third kappa shape index (κ3) is 4.12. The Balaban J connectivity index is 1.43. The van der Waals surface area contributed by atoms with Gasteiger partial charge in [0.2, 0.25) is 0 Å². The molecule has 0 radical (unpaired) electrons. The Morgan fingerprint density at radius 3 is 2.67 bits per heavy atom. The van der Waals surface area contributed by atoms with Gasteiger partial charge < -0.3 is 9.47 Å². The zero-order valence-corrected chi connectivity index (χ0v) is 16.1. The summed E-state index contributed by atoms with van der Waals surface area (Å²) in [5, 5.41) is 0. The van der Waals surface area contributed by atoms with Crippen LogP contribution in [0.15, 0.2) is 22.7 Å². The van der Waals surface area contributed by atoms with E-state index >= 15 is 0 Å². The van der Waals surface area contributed by atoms with Crippen LogP contribution >= 0.6 is 15.9 Å². The second-order valence-corrected chi connectivity index (χ2v) is 7.99. The first-order chi connectivity index (χ1) is 11.5. The SMILES string of the molecule is CCOC(=O)CN1CCC2(CC1)CC(Oc1ccc(Br)c(C)c1)C2. The largest absolute Gasteiger partial charge is 0.490 e. The fourth-order valence-electron chi connectivity index (χ4n) is 3.86. The second-order valence-electron chi connectivity index (χ2n) is 7.14. The summed E-state index contributed by atoms with van der Waals surface area (Å²) in [5.74, 6) is 0.865. The van der Waals surface area contributed by atoms with Crippen molar-refractivity contribution in [2.45, 2.75) is 45.6 Å². The molecule has 4 nitrogen and oxygen atoms in total. The van der Waals surface area contributed by atoms with Crippen molar-refractivity contribution >= 4 is 21.9 Å². The number of halogens is 1. The van der Waals surface area contributed by atoms with Gasteiger partial charge in [-0.3, -0.25) is 9.69 Å². The van der Waals surface area contributed by atoms with Crippen molar-refractivity contribution in [1.82, 2.24) is 4.90 Å². The molecule has 3 rings (SSSR count). The summed E-state index contributed by atoms with van der Waals surface area (Å²) < 4.78 is 12.3. The Morgan fingerprint density at radius 1 is 1.33 bits per heavy atom. The molecular weight excluding hydrogens is 370 g/mol. The monoisotopic (exact) mass is 395 g/mol. The van der Waals surface area contributed by atoms with Crippen molar-refractivity contribution in [2.24, 2.45) is 5.41 Å². The van der Waals surface area contributed by atoms with Crippen LogP contribution in [0.4, 0.5) is 0 Å². The van der Waals surface area contributed by atoms with Crippen LogP contribution in [0, 0.1) is 12.3 Å². The van der Waals surface area contributed by atoms with Gasteiger partial charge in [-0.2, -0.15) is 0 Å². The van der Waals surface area contributed by atoms with Crippen molar-refractivity contribution in [3.63, 3.8) is 0 Å². The lowest BCUT2D eigenvalue weighted by Crippen LogP contribution is -2.51. The number of hydrogen-bond donors (Lipinski definition) is 0. The minimum atomic E-state index is -0.103. The molecule has 1 aromatic rings. The maximum absolute atomic E-state index is 11.6. The highest BCUT2D eigenvalue weighted by molar-refractivity contribution is 9.10. The fourth-order valence-corrected chi connectivity index (χ4v) is 4.10. The first-order valence-corrected chi connectivity index (χ1v) is 9.60. The molecule has 1 saturated carbocycles. The van der Waals surface area contributed by atoms with Crippen molar-refractivity contribution in [3.05, 3.63) is 28.2 Å². The molecule has 1 spiro atoms. The van der Waals surface area contributed by atoms with E-state index in [1.54, 1.807) is 0 Å². The van der Waals surface area contributed by atoms with Crippen LogP contribution in [-0.4, -0.2) is 43.2 Å². The van der Waals surface area contributed by atoms with Gasteiger partial charge in [-0.05, 0) is 81.8 Å². The van der Waals surface area contributed by atoms with Crippen molar-refractivity contribution in [2.75, 3.05) is 26.2 Å². The predicted molar refractivity (Wildman–Crippen MR) is 97.3 cm³/mol. The molecule has 0 atom stereocenters. The third-order valence-electron chi connectivity index (χ3n) is 5.33. The minimum Gasteiger partial charge on any atom is -0.490 e. The lowest BCUT2D eigenvalue weighted by molar-refractivity contribution is -0.145. The van der Waals surface area contributed by atoms with E-state index in [-0.39, 0.29) is 5.97 Å². The second kappa shape index (κ2) is 7.44. The van der Waals surface area contributed by atoms with Crippen LogP contribution in [0.1, 0.15) is 38.2 Å². The van der Waals surface area contributed by atoms with E-state index in [1.165, 1.54) is 5.56 Å². The van der Waals surface area contributed by atoms with E-state index in [9.17, 15) is 4.79 Å². The minimum absolute atomic E-state index is 0.103. The molecule has 2 aliphatic rings. The molecule has 2 fully saturated rings. The predicted octanol–water partition coefficient (Wildman–Crippen LogP) is 3.94. The highest BCUT2D eigenvalue weighted by atomic mass is 79.9. The van der Waals surface area contributed by atoms with Crippen LogP contribution in [0.25, 0.3) is 0 Å². The molecule has 5 heteroatoms. The first-order valence-electron chi connectivity index (χ1n) is 8.80. The van der Waals surface area contributed by atoms with E-state index in [0.29, 0.717) is 24.7 Å². The quantitative estimate of drug-likeness (QED) is 0.707. The molecule has 24 heavy (non-hydrogen) atoms. The molecule has 1 aliphatic heterocycles. The number of likely N-dealkylation sites (tertiary alicyclic amines) is 1. The summed E-state index contributed by atoms with van der Waals surface area (Å²) in [6.07, 6.45) is 4.92. The summed E-state index contributed by atoms with van der Waals surface area (Å²) in [5.41, 5.74) is 1.63. The lowest BCUT2D eigenvalue weighted by Gasteiger charge is -2.51. The maximum atomic E-state index is 11.6. The van der Waals surface area contributed by atoms with Gasteiger partial charge in [-0.15, -0.1) is 0 Å². The number of carbonyl (C=O) groups is 1. The van der Waals surface area contributed by atoms with Crippen LogP contribution in [0.5, 0.6) is 5.75 Å². The Hall–Kier alpha value is -1.07. The van der Waals surface area contributed by atoms with Crippen LogP contribution in [0.2, 0.25) is 0 Å². The number of benzene rings is 1. The van der Waals surface area contributed by atoms with Crippen LogP contribution in [0.3, 0.4) is 0 Å². The molecule has 1 aromatic carbocycles. The number of carbonyl (C=O) groups excluding carboxylic acids is 1. The Bertz CT molecular complexity index is 588. The number of hydrogen-bond acceptors (Lipinski definition) is 4. The average Bonchev–Trinajstić information content (AvgIpc) is 2.51. The Morgan fingerprint density at radius 2 is 2.04 bits per heavy atom. The Labute approximate surface area is 152 Å². The number of aryl methyl sites for hydroxylation is 1. The highest BCUT2D eigenvalue weighted by Gasteiger charge is 2.47. The molecule has 0 N–H and O–H groups in total. The van der Waals surface area contributed by atoms with Gasteiger partial charge in [0, 0.05) is 4.47 Å². The molecule has 132 valence electrons. The van der Waals surface area contributed by atoms with E-state index < -0.39 is 0 Å². The number of esters is 1. The normalized spacial score (nSPS) is 20.6. The molecule has 0 unspecified atom stereocenters. The molecule has 0 aromatic heterocycles. The molecule has 1 aliphatic carbocycles. The summed E-state index contributed by atoms with van der Waals surface area (Å²) in [6, 6.07) is 6.17. The molecular formula is C19H26BrNO3. The number of nitrogens with zero attached hydrogens (tertiary/aromatic N) is 1. The first kappa shape index (κ1) is 17.7. The van der Waals surface area contributed by atoms with E-state index in [2.05, 4.69) is 33.8 Å². The standard InChI is InChI=1S/C19H26BrNO3/c1-3-23-18(22)13-21-8-6-19(7-9-21)11-16(12-19)24-15-4-5-17(20)14(2)10-15/h4-5,10,16H,3,6-9,11-13H2,1-2H3. The number of rotatable bonds is 5. The zero-order chi connectivity index (χ0) is 17.2. The van der Waals surface area contributed by atoms with Gasteiger partial charge in [0.05, 0.1) is 19.3 Å². The van der Waals surface area contributed by atoms with Gasteiger partial charge in [0.1, 0.15) is 5.75 Å². The molecule has 0 bridgehead atoms. The summed E-state index contributed by atoms with van der Waals surface area (Å²) >= 11 is 3.52. The molecule has 0 amide bonds. The van der Waals surface area contributed by atoms with Crippen molar-refractivity contribution in [1.29, 1.82) is 0 Å². The fraction of sp³-hybridized carbons (Fsp3) is 0.632. The van der Waals surface area contributed by atoms with Crippen molar-refractivity contribution < 1.29 is 14.3 Å². The van der Waals surface area contributed by atoms with Crippen LogP contribution in [-0.2, 0) is 9.53 Å². The summed E-state index contributed by atoms with van der Waals surface area (Å²) in [7, 11) is 0. The third-order valence-corrected chi connectivity index (χ3v) is 6.22. The van der Waals surface area contributed by atoms with E-state index in [1.807, 2.05) is 19.1 Å². The van der Waals surface area contributed by atoms with Gasteiger partial charge in [-0.1, -0.05) is 15.9 Å². The molecule has 1 saturated heterocycles. The van der Waals surface area contributed by atoms with E-state index in [4.69, 9.17) is 9.47 Å². The molecule has 1 heterocycles. The number of piperidine rings is 1. The lowest BCUT2D eigenvalue weighted by atomic mass is 9.61. The summed E-state index contributed by atoms with van der Waals surface area (Å²) in [6.45, 7) is 6.81. The van der Waals surface area contributed by atoms with Crippen molar-refractivity contribution in [3.8, 4) is 5.75 Å². The number of ether oxygens (including phenoxy) is 2. The van der Waals surface area contributed by atoms with E-state index in [0.717, 1.165) is 49.0 Å². The maximum Gasteiger partial charge on any atom is 0.320 e. The van der Waals surface area contributed by atoms with Gasteiger partial charge in [-0.25, -0.2) is 0 Å². The highest BCUT2D eigenvalue weighted by Crippen LogP contribution is 2.50. The van der Waals surface area contributed by atoms with Gasteiger partial charge in [0.25, 0.3) is 0 Å². The van der Waals surface area contributed by atoms with Gasteiger partial charge in [0.15, 0.2) is 0 Å². The Kier molecular flexibility index (Phi) is 5.50. The topological polar surface area (TPSA) is 38.8 Å².